The number of likely N-dealkylation sites (tertiary alicyclic amines) is 1. The van der Waals surface area contributed by atoms with Crippen molar-refractivity contribution in [2.75, 3.05) is 6.54 Å². The number of H-pyrrole nitrogens is 1. The standard InChI is InChI=1S/C38H57N7O6/c1-35(2,3)28(44-32(49)26(23-13-7-6-8-14-23)43-33(50)30-40-17-18-41-30)34(51)45-21-38(36(4,5)37(38)15-10-16-37)20-25(45)31(48)42-24(27(46)29(39)47)19-22-11-9-12-22/h17-18,22-26,28H,6-16,19-21H2,1-5H3,(H2,39,47)(H,40,41)(H,42,48)(H,43,50)(H,44,49)/t24?,25-,26-,28+,38+/m0/s1. The predicted molar refractivity (Wildman–Crippen MR) is 189 cm³/mol. The molecule has 5 atom stereocenters. The molecule has 4 saturated carbocycles. The minimum atomic E-state index is -1.09. The van der Waals surface area contributed by atoms with Crippen LogP contribution in [0.1, 0.15) is 129 Å². The fraction of sp³-hybridized carbons (Fsp3) is 0.763. The Balaban J connectivity index is 1.28. The fourth-order valence-corrected chi connectivity index (χ4v) is 10.3. The Morgan fingerprint density at radius 1 is 0.941 bits per heavy atom. The third kappa shape index (κ3) is 6.47. The van der Waals surface area contributed by atoms with Crippen molar-refractivity contribution in [1.82, 2.24) is 30.8 Å². The van der Waals surface area contributed by atoms with E-state index in [1.807, 2.05) is 20.8 Å². The second-order valence-corrected chi connectivity index (χ2v) is 17.7. The van der Waals surface area contributed by atoms with Gasteiger partial charge in [0.1, 0.15) is 18.1 Å². The number of nitrogens with zero attached hydrogens (tertiary/aromatic N) is 2. The van der Waals surface area contributed by atoms with Crippen LogP contribution in [-0.4, -0.2) is 80.9 Å². The van der Waals surface area contributed by atoms with Crippen molar-refractivity contribution >= 4 is 35.3 Å². The maximum Gasteiger partial charge on any atom is 0.287 e. The summed E-state index contributed by atoms with van der Waals surface area (Å²) in [7, 11) is 0. The number of hydrogen-bond donors (Lipinski definition) is 5. The van der Waals surface area contributed by atoms with Gasteiger partial charge in [0.15, 0.2) is 5.82 Å². The first-order chi connectivity index (χ1) is 24.0. The van der Waals surface area contributed by atoms with Crippen LogP contribution in [0, 0.1) is 33.5 Å². The molecule has 13 nitrogen and oxygen atoms in total. The maximum atomic E-state index is 14.9. The minimum absolute atomic E-state index is 0.0185. The SMILES string of the molecule is CC(C)(C)[C@H](NC(=O)[C@@H](NC(=O)c1ncc[nH]1)C1CCCCC1)C(=O)N1C[C@]2(C[C@H]1C(=O)NC(CC1CCC1)C(=O)C(N)=O)C(C)(C)C21CCC1. The van der Waals surface area contributed by atoms with Gasteiger partial charge in [-0.3, -0.25) is 28.8 Å². The van der Waals surface area contributed by atoms with Crippen molar-refractivity contribution < 1.29 is 28.8 Å². The molecule has 2 spiro atoms. The molecule has 2 heterocycles. The lowest BCUT2D eigenvalue weighted by atomic mass is 9.73. The van der Waals surface area contributed by atoms with Crippen LogP contribution < -0.4 is 21.7 Å². The zero-order valence-electron chi connectivity index (χ0n) is 30.9. The first kappa shape index (κ1) is 37.0. The van der Waals surface area contributed by atoms with E-state index in [1.54, 1.807) is 11.1 Å². The zero-order chi connectivity index (χ0) is 36.9. The van der Waals surface area contributed by atoms with Crippen LogP contribution in [0.2, 0.25) is 0 Å². The molecule has 5 amide bonds. The van der Waals surface area contributed by atoms with E-state index < -0.39 is 59.0 Å². The number of ketones is 1. The van der Waals surface area contributed by atoms with Crippen LogP contribution in [0.15, 0.2) is 12.4 Å². The van der Waals surface area contributed by atoms with Crippen LogP contribution in [0.25, 0.3) is 0 Å². The highest BCUT2D eigenvalue weighted by Crippen LogP contribution is 2.88. The Labute approximate surface area is 300 Å². The minimum Gasteiger partial charge on any atom is -0.363 e. The molecule has 1 unspecified atom stereocenters. The summed E-state index contributed by atoms with van der Waals surface area (Å²) < 4.78 is 0. The normalized spacial score (nSPS) is 27.1. The summed E-state index contributed by atoms with van der Waals surface area (Å²) in [6.07, 6.45) is 14.3. The molecule has 6 N–H and O–H groups in total. The van der Waals surface area contributed by atoms with Crippen LogP contribution in [0.3, 0.4) is 0 Å². The van der Waals surface area contributed by atoms with E-state index in [-0.39, 0.29) is 39.8 Å². The molecule has 1 aromatic heterocycles. The van der Waals surface area contributed by atoms with E-state index in [4.69, 9.17) is 5.73 Å². The van der Waals surface area contributed by atoms with E-state index in [9.17, 15) is 28.8 Å². The number of aromatic amines is 1. The summed E-state index contributed by atoms with van der Waals surface area (Å²) in [6, 6.07) is -3.83. The summed E-state index contributed by atoms with van der Waals surface area (Å²) >= 11 is 0. The van der Waals surface area contributed by atoms with Gasteiger partial charge in [-0.05, 0) is 66.6 Å². The molecule has 5 aliphatic rings. The van der Waals surface area contributed by atoms with E-state index in [1.165, 1.54) is 6.20 Å². The lowest BCUT2D eigenvalue weighted by molar-refractivity contribution is -0.145. The number of hydrogen-bond acceptors (Lipinski definition) is 7. The van der Waals surface area contributed by atoms with Gasteiger partial charge in [-0.25, -0.2) is 4.98 Å². The molecule has 0 radical (unpaired) electrons. The Morgan fingerprint density at radius 3 is 2.14 bits per heavy atom. The molecule has 0 bridgehead atoms. The Bertz CT molecular complexity index is 1540. The molecular weight excluding hydrogens is 650 g/mol. The number of nitrogens with two attached hydrogens (primary N) is 1. The van der Waals surface area contributed by atoms with Gasteiger partial charge in [0.05, 0.1) is 6.04 Å². The lowest BCUT2D eigenvalue weighted by Crippen LogP contribution is -2.62. The van der Waals surface area contributed by atoms with Crippen LogP contribution in [-0.2, 0) is 24.0 Å². The Hall–Kier alpha value is -3.77. The van der Waals surface area contributed by atoms with Crippen LogP contribution in [0.5, 0.6) is 0 Å². The second-order valence-electron chi connectivity index (χ2n) is 17.7. The van der Waals surface area contributed by atoms with Gasteiger partial charge in [0, 0.05) is 24.4 Å². The van der Waals surface area contributed by atoms with Gasteiger partial charge in [-0.15, -0.1) is 0 Å². The number of rotatable bonds is 12. The number of nitrogens with one attached hydrogen (secondary N) is 4. The number of fused-ring (bicyclic) bond motifs is 1. The monoisotopic (exact) mass is 707 g/mol. The topological polar surface area (TPSA) is 196 Å². The number of aromatic nitrogens is 2. The molecule has 1 aliphatic heterocycles. The number of Topliss-reactive ketones (excluding diaryl/α,β-unsaturated/α-hetero) is 1. The summed E-state index contributed by atoms with van der Waals surface area (Å²) in [6.45, 7) is 10.4. The van der Waals surface area contributed by atoms with Gasteiger partial charge in [0.2, 0.25) is 23.5 Å². The number of carbonyl (C=O) groups is 6. The summed E-state index contributed by atoms with van der Waals surface area (Å²) in [5.41, 5.74) is 4.28. The van der Waals surface area contributed by atoms with Gasteiger partial charge in [0.25, 0.3) is 11.8 Å². The highest BCUT2D eigenvalue weighted by molar-refractivity contribution is 6.37. The Kier molecular flexibility index (Phi) is 9.91. The molecule has 280 valence electrons. The molecule has 4 aliphatic carbocycles. The van der Waals surface area contributed by atoms with Crippen LogP contribution >= 0.6 is 0 Å². The zero-order valence-corrected chi connectivity index (χ0v) is 30.9. The highest BCUT2D eigenvalue weighted by Gasteiger charge is 2.85. The quantitative estimate of drug-likeness (QED) is 0.206. The summed E-state index contributed by atoms with van der Waals surface area (Å²) in [5, 5.41) is 8.82. The fourth-order valence-electron chi connectivity index (χ4n) is 10.3. The smallest absolute Gasteiger partial charge is 0.287 e. The first-order valence-electron chi connectivity index (χ1n) is 19.1. The largest absolute Gasteiger partial charge is 0.363 e. The van der Waals surface area contributed by atoms with E-state index in [0.717, 1.165) is 70.6 Å². The first-order valence-corrected chi connectivity index (χ1v) is 19.1. The van der Waals surface area contributed by atoms with Crippen molar-refractivity contribution in [3.05, 3.63) is 18.2 Å². The number of primary amides is 1. The van der Waals surface area contributed by atoms with Gasteiger partial charge < -0.3 is 31.6 Å². The molecule has 13 heteroatoms. The maximum absolute atomic E-state index is 14.9. The molecule has 51 heavy (non-hydrogen) atoms. The summed E-state index contributed by atoms with van der Waals surface area (Å²) in [5.74, 6) is -3.48. The summed E-state index contributed by atoms with van der Waals surface area (Å²) in [4.78, 5) is 90.1. The van der Waals surface area contributed by atoms with Crippen LogP contribution in [0.4, 0.5) is 0 Å². The number of carbonyl (C=O) groups excluding carboxylic acids is 6. The number of imidazole rings is 1. The third-order valence-electron chi connectivity index (χ3n) is 13.9. The molecule has 5 fully saturated rings. The van der Waals surface area contributed by atoms with E-state index in [2.05, 4.69) is 39.8 Å². The lowest BCUT2D eigenvalue weighted by Gasteiger charge is -2.38. The average Bonchev–Trinajstić information content (AvgIpc) is 3.53. The van der Waals surface area contributed by atoms with Gasteiger partial charge >= 0.3 is 0 Å². The highest BCUT2D eigenvalue weighted by atomic mass is 16.2. The van der Waals surface area contributed by atoms with Gasteiger partial charge in [-0.1, -0.05) is 79.6 Å². The molecular formula is C38H57N7O6. The Morgan fingerprint density at radius 2 is 1.63 bits per heavy atom. The molecule has 6 rings (SSSR count). The van der Waals surface area contributed by atoms with Crippen molar-refractivity contribution in [2.45, 2.75) is 142 Å². The molecule has 0 aromatic carbocycles. The molecule has 1 saturated heterocycles. The third-order valence-corrected chi connectivity index (χ3v) is 13.9. The molecule has 1 aromatic rings. The van der Waals surface area contributed by atoms with Crippen molar-refractivity contribution in [3.63, 3.8) is 0 Å². The second kappa shape index (κ2) is 13.7. The van der Waals surface area contributed by atoms with Crippen molar-refractivity contribution in [3.8, 4) is 0 Å². The number of amides is 5. The average molecular weight is 708 g/mol. The van der Waals surface area contributed by atoms with E-state index in [0.29, 0.717) is 19.4 Å². The predicted octanol–water partition coefficient (Wildman–Crippen LogP) is 3.15. The van der Waals surface area contributed by atoms with E-state index >= 15 is 0 Å². The van der Waals surface area contributed by atoms with Gasteiger partial charge in [-0.2, -0.15) is 0 Å². The van der Waals surface area contributed by atoms with Crippen molar-refractivity contribution in [2.24, 2.45) is 39.2 Å². The van der Waals surface area contributed by atoms with Crippen molar-refractivity contribution in [1.29, 1.82) is 0 Å².